The Morgan fingerprint density at radius 1 is 1.21 bits per heavy atom. The number of nitro groups is 1. The van der Waals surface area contributed by atoms with Gasteiger partial charge in [0, 0.05) is 18.7 Å². The minimum Gasteiger partial charge on any atom is -0.311 e. The van der Waals surface area contributed by atoms with Crippen LogP contribution in [0.1, 0.15) is 10.4 Å². The number of hydrazine groups is 1. The number of amides is 2. The summed E-state index contributed by atoms with van der Waals surface area (Å²) in [5, 5.41) is 19.6. The summed E-state index contributed by atoms with van der Waals surface area (Å²) < 4.78 is 3.39. The van der Waals surface area contributed by atoms with E-state index in [0.29, 0.717) is 10.1 Å². The van der Waals surface area contributed by atoms with Crippen molar-refractivity contribution in [1.29, 1.82) is 0 Å². The quantitative estimate of drug-likeness (QED) is 0.222. The van der Waals surface area contributed by atoms with E-state index < -0.39 is 16.7 Å². The summed E-state index contributed by atoms with van der Waals surface area (Å²) in [5.74, 6) is -1.06. The Bertz CT molecular complexity index is 1320. The Balaban J connectivity index is 1.35. The highest BCUT2D eigenvalue weighted by Crippen LogP contribution is 2.34. The van der Waals surface area contributed by atoms with Crippen molar-refractivity contribution in [3.05, 3.63) is 64.5 Å². The molecular formula is C19H15N7O4S3. The van der Waals surface area contributed by atoms with Crippen LogP contribution in [0.2, 0.25) is 0 Å². The molecule has 0 saturated carbocycles. The van der Waals surface area contributed by atoms with Gasteiger partial charge >= 0.3 is 0 Å². The molecule has 2 aromatic heterocycles. The van der Waals surface area contributed by atoms with Gasteiger partial charge in [-0.25, -0.2) is 4.98 Å². The molecule has 0 saturated heterocycles. The third kappa shape index (κ3) is 5.47. The molecule has 33 heavy (non-hydrogen) atoms. The fraction of sp³-hybridized carbons (Fsp3) is 0.105. The van der Waals surface area contributed by atoms with Crippen LogP contribution in [-0.2, 0) is 11.8 Å². The molecule has 168 valence electrons. The summed E-state index contributed by atoms with van der Waals surface area (Å²) >= 11 is 3.79. The normalized spacial score (nSPS) is 10.8. The smallest absolute Gasteiger partial charge is 0.284 e. The summed E-state index contributed by atoms with van der Waals surface area (Å²) in [6, 6.07) is 11.7. The lowest BCUT2D eigenvalue weighted by Crippen LogP contribution is -2.42. The molecule has 2 heterocycles. The molecule has 2 N–H and O–H groups in total. The van der Waals surface area contributed by atoms with E-state index in [9.17, 15) is 19.7 Å². The highest BCUT2D eigenvalue weighted by molar-refractivity contribution is 8.01. The number of nitro benzene ring substituents is 1. The number of hydrogen-bond acceptors (Lipinski definition) is 10. The first kappa shape index (κ1) is 22.7. The van der Waals surface area contributed by atoms with Crippen LogP contribution < -0.4 is 10.9 Å². The number of aryl methyl sites for hydroxylation is 1. The molecule has 0 radical (unpaired) electrons. The third-order valence-corrected chi connectivity index (χ3v) is 7.50. The maximum Gasteiger partial charge on any atom is 0.284 e. The first-order valence-corrected chi connectivity index (χ1v) is 11.9. The number of nitrogens with zero attached hydrogens (tertiary/aromatic N) is 5. The number of carbonyl (C=O) groups is 2. The van der Waals surface area contributed by atoms with E-state index in [4.69, 9.17) is 0 Å². The van der Waals surface area contributed by atoms with E-state index >= 15 is 0 Å². The van der Waals surface area contributed by atoms with Crippen molar-refractivity contribution in [2.24, 2.45) is 7.05 Å². The Kier molecular flexibility index (Phi) is 6.86. The van der Waals surface area contributed by atoms with Crippen molar-refractivity contribution in [1.82, 2.24) is 30.6 Å². The van der Waals surface area contributed by atoms with E-state index in [1.807, 2.05) is 24.3 Å². The van der Waals surface area contributed by atoms with Crippen molar-refractivity contribution >= 4 is 62.6 Å². The van der Waals surface area contributed by atoms with Gasteiger partial charge in [-0.15, -0.1) is 21.5 Å². The van der Waals surface area contributed by atoms with Crippen LogP contribution in [0.15, 0.2) is 63.2 Å². The zero-order valence-corrected chi connectivity index (χ0v) is 19.4. The van der Waals surface area contributed by atoms with E-state index in [1.165, 1.54) is 41.6 Å². The van der Waals surface area contributed by atoms with Crippen molar-refractivity contribution in [3.8, 4) is 0 Å². The molecule has 0 bridgehead atoms. The van der Waals surface area contributed by atoms with Crippen LogP contribution in [0.3, 0.4) is 0 Å². The monoisotopic (exact) mass is 501 g/mol. The maximum absolute atomic E-state index is 12.4. The molecule has 0 aliphatic carbocycles. The van der Waals surface area contributed by atoms with Gasteiger partial charge in [0.2, 0.25) is 5.91 Å². The molecule has 0 unspecified atom stereocenters. The molecular weight excluding hydrogens is 486 g/mol. The molecule has 11 nitrogen and oxygen atoms in total. The number of carbonyl (C=O) groups excluding carboxylic acids is 2. The fourth-order valence-electron chi connectivity index (χ4n) is 2.63. The zero-order chi connectivity index (χ0) is 23.4. The zero-order valence-electron chi connectivity index (χ0n) is 16.9. The lowest BCUT2D eigenvalue weighted by molar-refractivity contribution is -0.387. The number of rotatable bonds is 7. The summed E-state index contributed by atoms with van der Waals surface area (Å²) in [7, 11) is 1.72. The number of thiazole rings is 1. The van der Waals surface area contributed by atoms with E-state index in [1.54, 1.807) is 11.6 Å². The third-order valence-electron chi connectivity index (χ3n) is 4.21. The van der Waals surface area contributed by atoms with E-state index in [0.717, 1.165) is 32.4 Å². The summed E-state index contributed by atoms with van der Waals surface area (Å²) in [5.41, 5.74) is 5.23. The van der Waals surface area contributed by atoms with Gasteiger partial charge < -0.3 is 4.57 Å². The number of hydrogen-bond donors (Lipinski definition) is 2. The first-order chi connectivity index (χ1) is 15.9. The Hall–Kier alpha value is -3.49. The van der Waals surface area contributed by atoms with E-state index in [-0.39, 0.29) is 17.0 Å². The number of fused-ring (bicyclic) bond motifs is 1. The van der Waals surface area contributed by atoms with Crippen LogP contribution >= 0.6 is 34.9 Å². The molecule has 0 aliphatic heterocycles. The number of benzene rings is 2. The molecule has 0 aliphatic rings. The van der Waals surface area contributed by atoms with Crippen molar-refractivity contribution < 1.29 is 14.5 Å². The SMILES string of the molecule is Cn1cnnc1Sc1ccc(C(=O)NNC(=O)CSc2nc3ccccc3s2)cc1[N+](=O)[O-]. The minimum absolute atomic E-state index is 0.0307. The molecule has 2 aromatic carbocycles. The van der Waals surface area contributed by atoms with Crippen LogP contribution in [0.5, 0.6) is 0 Å². The van der Waals surface area contributed by atoms with Gasteiger partial charge in [-0.1, -0.05) is 23.9 Å². The fourth-order valence-corrected chi connectivity index (χ4v) is 5.34. The van der Waals surface area contributed by atoms with Gasteiger partial charge in [-0.3, -0.25) is 30.6 Å². The summed E-state index contributed by atoms with van der Waals surface area (Å²) in [6.45, 7) is 0. The van der Waals surface area contributed by atoms with Gasteiger partial charge in [-0.05, 0) is 36.0 Å². The number of para-hydroxylation sites is 1. The maximum atomic E-state index is 12.4. The molecule has 4 rings (SSSR count). The lowest BCUT2D eigenvalue weighted by atomic mass is 10.2. The predicted molar refractivity (Wildman–Crippen MR) is 124 cm³/mol. The molecule has 0 fully saturated rings. The van der Waals surface area contributed by atoms with Crippen molar-refractivity contribution in [3.63, 3.8) is 0 Å². The standard InChI is InChI=1S/C19H15N7O4S3/c1-25-10-20-24-18(25)32-15-7-6-11(8-13(15)26(29)30)17(28)23-22-16(27)9-31-19-21-12-4-2-3-5-14(12)33-19/h2-8,10H,9H2,1H3,(H,22,27)(H,23,28). The molecule has 0 spiro atoms. The second-order valence-electron chi connectivity index (χ2n) is 6.50. The number of aromatic nitrogens is 4. The van der Waals surface area contributed by atoms with Gasteiger partial charge in [-0.2, -0.15) is 0 Å². The lowest BCUT2D eigenvalue weighted by Gasteiger charge is -2.08. The Labute approximate surface area is 199 Å². The average Bonchev–Trinajstić information content (AvgIpc) is 3.41. The molecule has 0 atom stereocenters. The Morgan fingerprint density at radius 3 is 2.76 bits per heavy atom. The van der Waals surface area contributed by atoms with Gasteiger partial charge in [0.1, 0.15) is 6.33 Å². The second-order valence-corrected chi connectivity index (χ2v) is 9.77. The van der Waals surface area contributed by atoms with Crippen LogP contribution in [0, 0.1) is 10.1 Å². The van der Waals surface area contributed by atoms with Crippen LogP contribution in [0.4, 0.5) is 5.69 Å². The topological polar surface area (TPSA) is 145 Å². The second kappa shape index (κ2) is 9.97. The Morgan fingerprint density at radius 2 is 2.03 bits per heavy atom. The van der Waals surface area contributed by atoms with E-state index in [2.05, 4.69) is 26.0 Å². The van der Waals surface area contributed by atoms with Crippen molar-refractivity contribution in [2.75, 3.05) is 5.75 Å². The first-order valence-electron chi connectivity index (χ1n) is 9.28. The van der Waals surface area contributed by atoms with Gasteiger partial charge in [0.05, 0.1) is 25.8 Å². The van der Waals surface area contributed by atoms with Gasteiger partial charge in [0.15, 0.2) is 9.50 Å². The number of nitrogens with one attached hydrogen (secondary N) is 2. The summed E-state index contributed by atoms with van der Waals surface area (Å²) in [6.07, 6.45) is 1.48. The summed E-state index contributed by atoms with van der Waals surface area (Å²) in [4.78, 5) is 40.2. The molecule has 14 heteroatoms. The number of thioether (sulfide) groups is 1. The predicted octanol–water partition coefficient (Wildman–Crippen LogP) is 3.04. The molecule has 4 aromatic rings. The highest BCUT2D eigenvalue weighted by atomic mass is 32.2. The van der Waals surface area contributed by atoms with Crippen LogP contribution in [-0.4, -0.2) is 42.2 Å². The highest BCUT2D eigenvalue weighted by Gasteiger charge is 2.20. The largest absolute Gasteiger partial charge is 0.311 e. The van der Waals surface area contributed by atoms with Crippen molar-refractivity contribution in [2.45, 2.75) is 14.4 Å². The molecule has 2 amide bonds. The minimum atomic E-state index is -0.674. The van der Waals surface area contributed by atoms with Gasteiger partial charge in [0.25, 0.3) is 11.6 Å². The van der Waals surface area contributed by atoms with Crippen LogP contribution in [0.25, 0.3) is 10.2 Å². The average molecular weight is 502 g/mol.